The third-order valence-electron chi connectivity index (χ3n) is 6.04. The first kappa shape index (κ1) is 28.2. The number of hydrogen-bond donors (Lipinski definition) is 2. The number of nitrogens with zero attached hydrogens (tertiary/aromatic N) is 2. The van der Waals surface area contributed by atoms with Crippen molar-refractivity contribution in [2.24, 2.45) is 4.99 Å². The first-order valence-corrected chi connectivity index (χ1v) is 12.7. The van der Waals surface area contributed by atoms with E-state index in [1.165, 1.54) is 5.56 Å². The fourth-order valence-electron chi connectivity index (χ4n) is 4.30. The summed E-state index contributed by atoms with van der Waals surface area (Å²) in [6, 6.07) is 8.86. The second-order valence-corrected chi connectivity index (χ2v) is 9.77. The normalized spacial score (nSPS) is 21.2. The van der Waals surface area contributed by atoms with Gasteiger partial charge in [0, 0.05) is 41.4 Å². The van der Waals surface area contributed by atoms with Crippen LogP contribution in [0.3, 0.4) is 0 Å². The highest BCUT2D eigenvalue weighted by atomic mass is 127. The van der Waals surface area contributed by atoms with Crippen LogP contribution in [-0.4, -0.2) is 65.9 Å². The third-order valence-corrected chi connectivity index (χ3v) is 7.78. The van der Waals surface area contributed by atoms with Crippen molar-refractivity contribution in [2.45, 2.75) is 63.8 Å². The summed E-state index contributed by atoms with van der Waals surface area (Å²) in [5.74, 6) is 2.45. The minimum atomic E-state index is -0.718. The van der Waals surface area contributed by atoms with Gasteiger partial charge in [-0.05, 0) is 50.0 Å². The Morgan fingerprint density at radius 1 is 1.29 bits per heavy atom. The van der Waals surface area contributed by atoms with Crippen LogP contribution in [0.1, 0.15) is 58.1 Å². The highest BCUT2D eigenvalue weighted by Gasteiger charge is 2.26. The minimum absolute atomic E-state index is 0. The predicted octanol–water partition coefficient (Wildman–Crippen LogP) is 3.94. The van der Waals surface area contributed by atoms with Crippen LogP contribution in [0.5, 0.6) is 5.75 Å². The summed E-state index contributed by atoms with van der Waals surface area (Å²) in [4.78, 5) is 6.90. The van der Waals surface area contributed by atoms with Crippen LogP contribution in [-0.2, 0) is 10.8 Å². The van der Waals surface area contributed by atoms with Crippen LogP contribution in [0.4, 0.5) is 0 Å². The summed E-state index contributed by atoms with van der Waals surface area (Å²) in [6.45, 7) is 9.10. The van der Waals surface area contributed by atoms with Crippen LogP contribution in [0.15, 0.2) is 29.3 Å². The van der Waals surface area contributed by atoms with Crippen LogP contribution in [0, 0.1) is 0 Å². The van der Waals surface area contributed by atoms with E-state index in [0.29, 0.717) is 11.3 Å². The molecule has 1 saturated carbocycles. The average molecular weight is 565 g/mol. The molecule has 8 heteroatoms. The molecule has 1 aliphatic carbocycles. The lowest BCUT2D eigenvalue weighted by Gasteiger charge is -2.33. The van der Waals surface area contributed by atoms with E-state index in [-0.39, 0.29) is 30.0 Å². The van der Waals surface area contributed by atoms with E-state index in [9.17, 15) is 4.21 Å². The van der Waals surface area contributed by atoms with Crippen molar-refractivity contribution in [2.75, 3.05) is 39.5 Å². The number of methoxy groups -OCH3 is 1. The number of ether oxygens (including phenoxy) is 1. The van der Waals surface area contributed by atoms with E-state index in [0.717, 1.165) is 62.8 Å². The minimum Gasteiger partial charge on any atom is -0.497 e. The van der Waals surface area contributed by atoms with Gasteiger partial charge < -0.3 is 15.4 Å². The largest absolute Gasteiger partial charge is 0.497 e. The van der Waals surface area contributed by atoms with E-state index < -0.39 is 10.8 Å². The van der Waals surface area contributed by atoms with Crippen molar-refractivity contribution in [3.05, 3.63) is 29.8 Å². The Labute approximate surface area is 208 Å². The van der Waals surface area contributed by atoms with Crippen LogP contribution in [0.25, 0.3) is 0 Å². The lowest BCUT2D eigenvalue weighted by Crippen LogP contribution is -2.48. The van der Waals surface area contributed by atoms with Crippen molar-refractivity contribution >= 4 is 40.7 Å². The molecule has 6 nitrogen and oxygen atoms in total. The van der Waals surface area contributed by atoms with Crippen LogP contribution in [0.2, 0.25) is 0 Å². The SMILES string of the molecule is CCN(CC)C(CNC(=NC)NC1CCCC(S(=O)CC)C1)c1cccc(OC)c1.I. The maximum atomic E-state index is 12.3. The zero-order valence-corrected chi connectivity index (χ0v) is 22.9. The predicted molar refractivity (Wildman–Crippen MR) is 143 cm³/mol. The molecule has 0 radical (unpaired) electrons. The smallest absolute Gasteiger partial charge is 0.191 e. The molecule has 1 aromatic rings. The molecule has 31 heavy (non-hydrogen) atoms. The number of guanidine groups is 1. The molecule has 0 aromatic heterocycles. The quantitative estimate of drug-likeness (QED) is 0.256. The maximum Gasteiger partial charge on any atom is 0.191 e. The molecule has 4 atom stereocenters. The van der Waals surface area contributed by atoms with Crippen LogP contribution < -0.4 is 15.4 Å². The molecule has 178 valence electrons. The second kappa shape index (κ2) is 15.1. The molecule has 0 aliphatic heterocycles. The number of halogens is 1. The lowest BCUT2D eigenvalue weighted by molar-refractivity contribution is 0.218. The molecule has 4 unspecified atom stereocenters. The van der Waals surface area contributed by atoms with Gasteiger partial charge in [0.1, 0.15) is 5.75 Å². The van der Waals surface area contributed by atoms with Gasteiger partial charge in [-0.2, -0.15) is 0 Å². The molecule has 1 fully saturated rings. The first-order chi connectivity index (χ1) is 14.6. The molecule has 2 N–H and O–H groups in total. The Morgan fingerprint density at radius 3 is 2.65 bits per heavy atom. The van der Waals surface area contributed by atoms with Gasteiger partial charge in [0.2, 0.25) is 0 Å². The summed E-state index contributed by atoms with van der Waals surface area (Å²) in [6.07, 6.45) is 4.26. The molecule has 1 aromatic carbocycles. The van der Waals surface area contributed by atoms with E-state index >= 15 is 0 Å². The van der Waals surface area contributed by atoms with E-state index in [2.05, 4.69) is 46.5 Å². The summed E-state index contributed by atoms with van der Waals surface area (Å²) < 4.78 is 17.7. The zero-order valence-electron chi connectivity index (χ0n) is 19.7. The number of hydrogen-bond acceptors (Lipinski definition) is 4. The number of likely N-dealkylation sites (N-methyl/N-ethyl adjacent to an activating group) is 1. The Hall–Kier alpha value is -0.870. The standard InChI is InChI=1S/C23H40N4O2S.HI/c1-6-27(7-2)22(18-11-9-13-20(15-18)29-5)17-25-23(24-4)26-19-12-10-14-21(16-19)30(28)8-3;/h9,11,13,15,19,21-22H,6-8,10,12,14,16-17H2,1-5H3,(H2,24,25,26);1H. The molecule has 0 heterocycles. The zero-order chi connectivity index (χ0) is 21.9. The Morgan fingerprint density at radius 2 is 2.03 bits per heavy atom. The van der Waals surface area contributed by atoms with E-state index in [4.69, 9.17) is 4.74 Å². The molecule has 0 spiro atoms. The highest BCUT2D eigenvalue weighted by Crippen LogP contribution is 2.25. The van der Waals surface area contributed by atoms with Gasteiger partial charge in [0.15, 0.2) is 5.96 Å². The summed E-state index contributed by atoms with van der Waals surface area (Å²) >= 11 is 0. The van der Waals surface area contributed by atoms with Gasteiger partial charge in [0.25, 0.3) is 0 Å². The van der Waals surface area contributed by atoms with Crippen LogP contribution >= 0.6 is 24.0 Å². The number of rotatable bonds is 10. The van der Waals surface area contributed by atoms with E-state index in [1.807, 2.05) is 26.1 Å². The van der Waals surface area contributed by atoms with Gasteiger partial charge in [0.05, 0.1) is 13.2 Å². The fourth-order valence-corrected chi connectivity index (χ4v) is 5.65. The Balaban J connectivity index is 0.00000480. The molecule has 2 rings (SSSR count). The average Bonchev–Trinajstić information content (AvgIpc) is 2.80. The van der Waals surface area contributed by atoms with Gasteiger partial charge >= 0.3 is 0 Å². The maximum absolute atomic E-state index is 12.3. The second-order valence-electron chi connectivity index (χ2n) is 7.77. The molecular formula is C23H41IN4O2S. The topological polar surface area (TPSA) is 66.0 Å². The number of benzene rings is 1. The Bertz CT molecular complexity index is 700. The number of nitrogens with one attached hydrogen (secondary N) is 2. The molecule has 0 bridgehead atoms. The van der Waals surface area contributed by atoms with Crippen molar-refractivity contribution < 1.29 is 8.95 Å². The van der Waals surface area contributed by atoms with E-state index in [1.54, 1.807) is 7.11 Å². The molecule has 0 saturated heterocycles. The van der Waals surface area contributed by atoms with Gasteiger partial charge in [-0.3, -0.25) is 14.1 Å². The van der Waals surface area contributed by atoms with Crippen molar-refractivity contribution in [1.82, 2.24) is 15.5 Å². The number of aliphatic imine (C=N–C) groups is 1. The van der Waals surface area contributed by atoms with Crippen molar-refractivity contribution in [1.29, 1.82) is 0 Å². The molecule has 0 amide bonds. The highest BCUT2D eigenvalue weighted by molar-refractivity contribution is 14.0. The Kier molecular flexibility index (Phi) is 13.7. The molecule has 1 aliphatic rings. The fraction of sp³-hybridized carbons (Fsp3) is 0.696. The third kappa shape index (κ3) is 8.53. The summed E-state index contributed by atoms with van der Waals surface area (Å²) in [7, 11) is 2.81. The first-order valence-electron chi connectivity index (χ1n) is 11.3. The van der Waals surface area contributed by atoms with Crippen molar-refractivity contribution in [3.8, 4) is 5.75 Å². The lowest BCUT2D eigenvalue weighted by atomic mass is 9.95. The summed E-state index contributed by atoms with van der Waals surface area (Å²) in [5.41, 5.74) is 1.23. The van der Waals surface area contributed by atoms with Crippen molar-refractivity contribution in [3.63, 3.8) is 0 Å². The van der Waals surface area contributed by atoms with Gasteiger partial charge in [-0.25, -0.2) is 0 Å². The molecular weight excluding hydrogens is 523 g/mol. The van der Waals surface area contributed by atoms with Gasteiger partial charge in [-0.15, -0.1) is 24.0 Å². The summed E-state index contributed by atoms with van der Waals surface area (Å²) in [5, 5.41) is 7.43. The van der Waals surface area contributed by atoms with Gasteiger partial charge in [-0.1, -0.05) is 39.3 Å². The monoisotopic (exact) mass is 564 g/mol.